The zero-order chi connectivity index (χ0) is 14.9. The molecule has 2 aliphatic heterocycles. The Bertz CT molecular complexity index is 493. The van der Waals surface area contributed by atoms with Gasteiger partial charge in [-0.3, -0.25) is 14.5 Å². The highest BCUT2D eigenvalue weighted by Crippen LogP contribution is 2.51. The van der Waals surface area contributed by atoms with E-state index < -0.39 is 12.1 Å². The van der Waals surface area contributed by atoms with Crippen LogP contribution in [0.2, 0.25) is 0 Å². The molecular weight excluding hydrogens is 304 g/mol. The molecular formula is C11H14N2O5S2. The molecule has 9 heteroatoms. The number of β-lactam (4-membered cyclic amide) rings is 1. The van der Waals surface area contributed by atoms with Crippen LogP contribution in [0.4, 0.5) is 0 Å². The van der Waals surface area contributed by atoms with E-state index >= 15 is 0 Å². The lowest BCUT2D eigenvalue weighted by molar-refractivity contribution is -0.161. The standard InChI is InChI=1S/C11H14N2O5S2/c1-5(14)12-3-4-19-11-6(10(16)17)13-8(15)7(18-2)9(13)20-11/h7,9H,3-4H2,1-2H3,(H,12,14)(H,16,17)/t7?,9-/m0/s1. The molecule has 0 aromatic heterocycles. The molecule has 110 valence electrons. The number of thioether (sulfide) groups is 2. The highest BCUT2D eigenvalue weighted by molar-refractivity contribution is 8.22. The first-order valence-electron chi connectivity index (χ1n) is 5.84. The van der Waals surface area contributed by atoms with Crippen LogP contribution >= 0.6 is 23.5 Å². The van der Waals surface area contributed by atoms with Gasteiger partial charge in [0.25, 0.3) is 5.91 Å². The first kappa shape index (κ1) is 15.2. The topological polar surface area (TPSA) is 95.9 Å². The summed E-state index contributed by atoms with van der Waals surface area (Å²) in [6, 6.07) is 0. The van der Waals surface area contributed by atoms with E-state index in [9.17, 15) is 19.5 Å². The van der Waals surface area contributed by atoms with Crippen molar-refractivity contribution in [1.82, 2.24) is 10.2 Å². The molecule has 1 fully saturated rings. The van der Waals surface area contributed by atoms with E-state index in [0.717, 1.165) is 0 Å². The van der Waals surface area contributed by atoms with Crippen molar-refractivity contribution in [2.45, 2.75) is 18.4 Å². The Hall–Kier alpha value is -1.19. The number of hydrogen-bond acceptors (Lipinski definition) is 6. The monoisotopic (exact) mass is 318 g/mol. The summed E-state index contributed by atoms with van der Waals surface area (Å²) in [4.78, 5) is 35.1. The number of carbonyl (C=O) groups excluding carboxylic acids is 2. The largest absolute Gasteiger partial charge is 0.477 e. The van der Waals surface area contributed by atoms with Gasteiger partial charge in [0.1, 0.15) is 5.37 Å². The van der Waals surface area contributed by atoms with Crippen LogP contribution in [0.25, 0.3) is 0 Å². The summed E-state index contributed by atoms with van der Waals surface area (Å²) < 4.78 is 5.63. The second-order valence-corrected chi connectivity index (χ2v) is 6.64. The van der Waals surface area contributed by atoms with E-state index in [0.29, 0.717) is 16.5 Å². The van der Waals surface area contributed by atoms with E-state index in [-0.39, 0.29) is 22.9 Å². The van der Waals surface area contributed by atoms with Crippen molar-refractivity contribution < 1.29 is 24.2 Å². The fourth-order valence-corrected chi connectivity index (χ4v) is 4.65. The molecule has 2 amide bonds. The van der Waals surface area contributed by atoms with Gasteiger partial charge >= 0.3 is 5.97 Å². The molecule has 2 atom stereocenters. The molecule has 20 heavy (non-hydrogen) atoms. The number of hydrogen-bond donors (Lipinski definition) is 2. The van der Waals surface area contributed by atoms with Gasteiger partial charge < -0.3 is 15.2 Å². The number of carboxylic acid groups (broad SMARTS) is 1. The van der Waals surface area contributed by atoms with Gasteiger partial charge in [-0.15, -0.1) is 11.8 Å². The van der Waals surface area contributed by atoms with E-state index in [1.165, 1.54) is 42.5 Å². The Morgan fingerprint density at radius 1 is 1.55 bits per heavy atom. The van der Waals surface area contributed by atoms with E-state index in [4.69, 9.17) is 4.74 Å². The molecule has 1 saturated heterocycles. The van der Waals surface area contributed by atoms with Crippen LogP contribution in [0.15, 0.2) is 9.93 Å². The van der Waals surface area contributed by atoms with E-state index in [2.05, 4.69) is 5.32 Å². The predicted octanol–water partition coefficient (Wildman–Crippen LogP) is 0.0395. The summed E-state index contributed by atoms with van der Waals surface area (Å²) in [5.74, 6) is -1.02. The van der Waals surface area contributed by atoms with Crippen molar-refractivity contribution in [3.05, 3.63) is 9.93 Å². The smallest absolute Gasteiger partial charge is 0.354 e. The molecule has 2 N–H and O–H groups in total. The Kier molecular flexibility index (Phi) is 4.61. The van der Waals surface area contributed by atoms with Gasteiger partial charge in [-0.2, -0.15) is 0 Å². The molecule has 0 saturated carbocycles. The molecule has 2 rings (SSSR count). The molecule has 0 radical (unpaired) electrons. The fraction of sp³-hybridized carbons (Fsp3) is 0.545. The van der Waals surface area contributed by atoms with Crippen LogP contribution in [0.5, 0.6) is 0 Å². The number of amides is 2. The van der Waals surface area contributed by atoms with Crippen LogP contribution in [-0.4, -0.2) is 58.7 Å². The number of ether oxygens (including phenoxy) is 1. The third-order valence-electron chi connectivity index (χ3n) is 2.82. The lowest BCUT2D eigenvalue weighted by Gasteiger charge is -2.40. The van der Waals surface area contributed by atoms with Crippen molar-refractivity contribution in [3.63, 3.8) is 0 Å². The Labute approximate surface area is 124 Å². The maximum atomic E-state index is 11.8. The van der Waals surface area contributed by atoms with Crippen LogP contribution < -0.4 is 5.32 Å². The molecule has 2 heterocycles. The van der Waals surface area contributed by atoms with Crippen molar-refractivity contribution in [2.75, 3.05) is 19.4 Å². The van der Waals surface area contributed by atoms with Gasteiger partial charge in [0.15, 0.2) is 11.8 Å². The van der Waals surface area contributed by atoms with E-state index in [1.807, 2.05) is 0 Å². The zero-order valence-electron chi connectivity index (χ0n) is 10.9. The summed E-state index contributed by atoms with van der Waals surface area (Å²) in [5.41, 5.74) is 0.0196. The predicted molar refractivity (Wildman–Crippen MR) is 74.8 cm³/mol. The average molecular weight is 318 g/mol. The van der Waals surface area contributed by atoms with Crippen molar-refractivity contribution >= 4 is 41.3 Å². The molecule has 0 aromatic rings. The van der Waals surface area contributed by atoms with Crippen LogP contribution in [0.1, 0.15) is 6.92 Å². The number of nitrogens with one attached hydrogen (secondary N) is 1. The lowest BCUT2D eigenvalue weighted by Crippen LogP contribution is -2.61. The van der Waals surface area contributed by atoms with Crippen LogP contribution in [-0.2, 0) is 19.1 Å². The molecule has 0 aromatic carbocycles. The summed E-state index contributed by atoms with van der Waals surface area (Å²) >= 11 is 2.64. The molecule has 1 unspecified atom stereocenters. The Morgan fingerprint density at radius 2 is 2.25 bits per heavy atom. The minimum atomic E-state index is -1.12. The number of rotatable bonds is 6. The van der Waals surface area contributed by atoms with Gasteiger partial charge in [-0.25, -0.2) is 4.79 Å². The minimum absolute atomic E-state index is 0.0196. The van der Waals surface area contributed by atoms with Crippen molar-refractivity contribution in [1.29, 1.82) is 0 Å². The number of carbonyl (C=O) groups is 3. The highest BCUT2D eigenvalue weighted by Gasteiger charge is 2.56. The van der Waals surface area contributed by atoms with Crippen molar-refractivity contribution in [3.8, 4) is 0 Å². The normalized spacial score (nSPS) is 24.5. The highest BCUT2D eigenvalue weighted by atomic mass is 32.2. The Balaban J connectivity index is 2.02. The summed E-state index contributed by atoms with van der Waals surface area (Å²) in [6.07, 6.45) is -0.581. The van der Waals surface area contributed by atoms with E-state index in [1.54, 1.807) is 0 Å². The molecule has 0 bridgehead atoms. The third kappa shape index (κ3) is 2.65. The molecule has 2 aliphatic rings. The Morgan fingerprint density at radius 3 is 2.80 bits per heavy atom. The number of carboxylic acids is 1. The second kappa shape index (κ2) is 6.06. The number of fused-ring (bicyclic) bond motifs is 1. The number of nitrogens with zero attached hydrogens (tertiary/aromatic N) is 1. The summed E-state index contributed by atoms with van der Waals surface area (Å²) in [6.45, 7) is 1.87. The first-order chi connectivity index (χ1) is 9.47. The lowest BCUT2D eigenvalue weighted by atomic mass is 10.1. The second-order valence-electron chi connectivity index (χ2n) is 4.15. The van der Waals surface area contributed by atoms with Gasteiger partial charge in [-0.1, -0.05) is 11.8 Å². The maximum absolute atomic E-state index is 11.8. The molecule has 7 nitrogen and oxygen atoms in total. The van der Waals surface area contributed by atoms with Gasteiger partial charge in [-0.05, 0) is 0 Å². The van der Waals surface area contributed by atoms with Gasteiger partial charge in [0.2, 0.25) is 5.91 Å². The van der Waals surface area contributed by atoms with Gasteiger partial charge in [0, 0.05) is 26.3 Å². The van der Waals surface area contributed by atoms with Crippen LogP contribution in [0.3, 0.4) is 0 Å². The summed E-state index contributed by atoms with van der Waals surface area (Å²) in [5, 5.41) is 11.6. The molecule has 0 aliphatic carbocycles. The number of aliphatic carboxylic acids is 1. The zero-order valence-corrected chi connectivity index (χ0v) is 12.5. The van der Waals surface area contributed by atoms with Gasteiger partial charge in [0.05, 0.1) is 4.24 Å². The maximum Gasteiger partial charge on any atom is 0.354 e. The quantitative estimate of drug-likeness (QED) is 0.527. The fourth-order valence-electron chi connectivity index (χ4n) is 1.93. The average Bonchev–Trinajstić information content (AvgIpc) is 2.70. The minimum Gasteiger partial charge on any atom is -0.477 e. The molecule has 0 spiro atoms. The third-order valence-corrected chi connectivity index (χ3v) is 5.43. The van der Waals surface area contributed by atoms with Crippen LogP contribution in [0, 0.1) is 0 Å². The summed E-state index contributed by atoms with van der Waals surface area (Å²) in [7, 11) is 1.43. The van der Waals surface area contributed by atoms with Crippen molar-refractivity contribution in [2.24, 2.45) is 0 Å². The number of methoxy groups -OCH3 is 1. The first-order valence-corrected chi connectivity index (χ1v) is 7.71. The SMILES string of the molecule is COC1C(=O)N2C(C(=O)O)=C(SCCNC(C)=O)S[C@@H]12.